The van der Waals surface area contributed by atoms with Gasteiger partial charge in [0, 0.05) is 0 Å². The van der Waals surface area contributed by atoms with E-state index in [4.69, 9.17) is 10.5 Å². The molecule has 0 aliphatic carbocycles. The molecule has 25 heavy (non-hydrogen) atoms. The number of carbonyl (C=O) groups excluding carboxylic acids is 1. The fraction of sp³-hybridized carbons (Fsp3) is 0.0625. The molecule has 0 bridgehead atoms. The van der Waals surface area contributed by atoms with Gasteiger partial charge >= 0.3 is 0 Å². The zero-order chi connectivity index (χ0) is 18.4. The molecule has 2 aromatic carbocycles. The number of aromatic nitrogens is 1. The number of nitrogens with zero attached hydrogens (tertiary/aromatic N) is 1. The second-order valence-electron chi connectivity index (χ2n) is 5.08. The van der Waals surface area contributed by atoms with Gasteiger partial charge in [-0.05, 0) is 24.3 Å². The van der Waals surface area contributed by atoms with Crippen LogP contribution in [0.15, 0.2) is 47.4 Å². The van der Waals surface area contributed by atoms with Crippen molar-refractivity contribution in [2.75, 3.05) is 7.11 Å². The topological polar surface area (TPSA) is 91.4 Å². The molecule has 1 heterocycles. The van der Waals surface area contributed by atoms with Crippen molar-refractivity contribution in [1.29, 1.82) is 0 Å². The van der Waals surface area contributed by atoms with Crippen molar-refractivity contribution in [3.63, 3.8) is 0 Å². The number of primary amides is 1. The van der Waals surface area contributed by atoms with E-state index < -0.39 is 44.2 Å². The Morgan fingerprint density at radius 1 is 1.12 bits per heavy atom. The number of carbonyl (C=O) groups is 1. The van der Waals surface area contributed by atoms with Gasteiger partial charge in [0.05, 0.1) is 17.4 Å². The molecule has 0 atom stereocenters. The standard InChI is InChI=1S/C16H12F2N2O4S/c1-24-11-8-7-10(17)14-12(11)13(18)15(16(19)21)20(14)25(22,23)9-5-3-2-4-6-9/h2-8H,1H3,(H2,19,21). The van der Waals surface area contributed by atoms with Crippen LogP contribution in [-0.4, -0.2) is 25.4 Å². The van der Waals surface area contributed by atoms with Crippen molar-refractivity contribution >= 4 is 26.8 Å². The highest BCUT2D eigenvalue weighted by Gasteiger charge is 2.33. The third-order valence-electron chi connectivity index (χ3n) is 3.66. The lowest BCUT2D eigenvalue weighted by atomic mass is 10.2. The molecule has 3 aromatic rings. The fourth-order valence-corrected chi connectivity index (χ4v) is 4.14. The number of hydrogen-bond acceptors (Lipinski definition) is 4. The van der Waals surface area contributed by atoms with Crippen molar-refractivity contribution in [2.24, 2.45) is 5.73 Å². The highest BCUT2D eigenvalue weighted by Crippen LogP contribution is 2.36. The predicted molar refractivity (Wildman–Crippen MR) is 85.9 cm³/mol. The molecule has 0 radical (unpaired) electrons. The third kappa shape index (κ3) is 2.43. The van der Waals surface area contributed by atoms with E-state index in [0.29, 0.717) is 0 Å². The van der Waals surface area contributed by atoms with Crippen molar-refractivity contribution in [1.82, 2.24) is 3.97 Å². The average molecular weight is 366 g/mol. The molecular weight excluding hydrogens is 354 g/mol. The lowest BCUT2D eigenvalue weighted by Gasteiger charge is -2.11. The summed E-state index contributed by atoms with van der Waals surface area (Å²) in [5, 5.41) is -0.476. The van der Waals surface area contributed by atoms with Gasteiger partial charge in [-0.3, -0.25) is 4.79 Å². The van der Waals surface area contributed by atoms with Crippen LogP contribution in [-0.2, 0) is 10.0 Å². The molecule has 0 aliphatic rings. The molecule has 1 aromatic heterocycles. The van der Waals surface area contributed by atoms with Crippen LogP contribution in [0.1, 0.15) is 10.5 Å². The second kappa shape index (κ2) is 5.85. The molecular formula is C16H12F2N2O4S. The normalized spacial score (nSPS) is 11.6. The highest BCUT2D eigenvalue weighted by atomic mass is 32.2. The molecule has 1 amide bonds. The van der Waals surface area contributed by atoms with Crippen LogP contribution >= 0.6 is 0 Å². The molecule has 0 saturated carbocycles. The first kappa shape index (κ1) is 16.9. The van der Waals surface area contributed by atoms with Gasteiger partial charge in [-0.15, -0.1) is 0 Å². The third-order valence-corrected chi connectivity index (χ3v) is 5.37. The first-order chi connectivity index (χ1) is 11.8. The van der Waals surface area contributed by atoms with Gasteiger partial charge in [-0.25, -0.2) is 21.2 Å². The number of amides is 1. The summed E-state index contributed by atoms with van der Waals surface area (Å²) in [5.41, 5.74) is 3.55. The van der Waals surface area contributed by atoms with Gasteiger partial charge in [0.15, 0.2) is 11.5 Å². The second-order valence-corrected chi connectivity index (χ2v) is 6.87. The van der Waals surface area contributed by atoms with Crippen molar-refractivity contribution in [2.45, 2.75) is 4.90 Å². The van der Waals surface area contributed by atoms with Crippen LogP contribution in [0.5, 0.6) is 5.75 Å². The van der Waals surface area contributed by atoms with Crippen molar-refractivity contribution in [3.8, 4) is 5.75 Å². The fourth-order valence-electron chi connectivity index (χ4n) is 2.59. The largest absolute Gasteiger partial charge is 0.496 e. The van der Waals surface area contributed by atoms with E-state index in [-0.39, 0.29) is 14.6 Å². The van der Waals surface area contributed by atoms with Gasteiger partial charge in [0.25, 0.3) is 15.9 Å². The average Bonchev–Trinajstić information content (AvgIpc) is 2.91. The maximum absolute atomic E-state index is 14.8. The number of fused-ring (bicyclic) bond motifs is 1. The number of hydrogen-bond donors (Lipinski definition) is 1. The summed E-state index contributed by atoms with van der Waals surface area (Å²) >= 11 is 0. The maximum atomic E-state index is 14.8. The van der Waals surface area contributed by atoms with Crippen molar-refractivity contribution < 1.29 is 26.7 Å². The van der Waals surface area contributed by atoms with Gasteiger partial charge in [0.2, 0.25) is 0 Å². The monoisotopic (exact) mass is 366 g/mol. The SMILES string of the molecule is COc1ccc(F)c2c1c(F)c(C(N)=O)n2S(=O)(=O)c1ccccc1. The summed E-state index contributed by atoms with van der Waals surface area (Å²) < 4.78 is 60.3. The van der Waals surface area contributed by atoms with Gasteiger partial charge in [-0.1, -0.05) is 18.2 Å². The molecule has 6 nitrogen and oxygen atoms in total. The minimum atomic E-state index is -4.49. The molecule has 3 rings (SSSR count). The van der Waals surface area contributed by atoms with Crippen LogP contribution in [0.25, 0.3) is 10.9 Å². The molecule has 0 saturated heterocycles. The zero-order valence-corrected chi connectivity index (χ0v) is 13.7. The molecule has 130 valence electrons. The van der Waals surface area contributed by atoms with Crippen LogP contribution in [0.2, 0.25) is 0 Å². The molecule has 0 fully saturated rings. The smallest absolute Gasteiger partial charge is 0.269 e. The van der Waals surface area contributed by atoms with E-state index in [1.54, 1.807) is 6.07 Å². The number of nitrogens with two attached hydrogens (primary N) is 1. The van der Waals surface area contributed by atoms with Gasteiger partial charge in [0.1, 0.15) is 17.1 Å². The molecule has 0 spiro atoms. The van der Waals surface area contributed by atoms with Crippen LogP contribution in [0.3, 0.4) is 0 Å². The van der Waals surface area contributed by atoms with E-state index in [1.165, 1.54) is 31.4 Å². The Balaban J connectivity index is 2.55. The Hall–Kier alpha value is -2.94. The summed E-state index contributed by atoms with van der Waals surface area (Å²) in [7, 11) is -3.28. The quantitative estimate of drug-likeness (QED) is 0.767. The Kier molecular flexibility index (Phi) is 3.96. The Labute approximate surface area is 141 Å². The number of benzene rings is 2. The number of methoxy groups -OCH3 is 1. The summed E-state index contributed by atoms with van der Waals surface area (Å²) in [6.07, 6.45) is 0. The Morgan fingerprint density at radius 2 is 1.76 bits per heavy atom. The lowest BCUT2D eigenvalue weighted by molar-refractivity contribution is 0.0991. The van der Waals surface area contributed by atoms with Crippen LogP contribution in [0, 0.1) is 11.6 Å². The summed E-state index contributed by atoms with van der Waals surface area (Å²) in [6.45, 7) is 0. The molecule has 9 heteroatoms. The lowest BCUT2D eigenvalue weighted by Crippen LogP contribution is -2.23. The molecule has 0 aliphatic heterocycles. The summed E-state index contributed by atoms with van der Waals surface area (Å²) in [5.74, 6) is -3.78. The first-order valence-electron chi connectivity index (χ1n) is 6.97. The first-order valence-corrected chi connectivity index (χ1v) is 8.41. The minimum Gasteiger partial charge on any atom is -0.496 e. The van der Waals surface area contributed by atoms with Gasteiger partial charge in [-0.2, -0.15) is 0 Å². The van der Waals surface area contributed by atoms with Crippen LogP contribution < -0.4 is 10.5 Å². The Bertz CT molecular complexity index is 1090. The summed E-state index contributed by atoms with van der Waals surface area (Å²) in [4.78, 5) is 11.5. The molecule has 0 unspecified atom stereocenters. The van der Waals surface area contributed by atoms with E-state index in [0.717, 1.165) is 12.1 Å². The zero-order valence-electron chi connectivity index (χ0n) is 12.9. The number of rotatable bonds is 4. The maximum Gasteiger partial charge on any atom is 0.269 e. The van der Waals surface area contributed by atoms with E-state index in [2.05, 4.69) is 0 Å². The van der Waals surface area contributed by atoms with Crippen LogP contribution in [0.4, 0.5) is 8.78 Å². The van der Waals surface area contributed by atoms with E-state index in [9.17, 15) is 22.0 Å². The number of ether oxygens (including phenoxy) is 1. The minimum absolute atomic E-state index is 0.126. The van der Waals surface area contributed by atoms with Crippen molar-refractivity contribution in [3.05, 3.63) is 59.8 Å². The number of halogens is 2. The summed E-state index contributed by atoms with van der Waals surface area (Å²) in [6, 6.07) is 8.98. The van der Waals surface area contributed by atoms with Gasteiger partial charge < -0.3 is 10.5 Å². The molecule has 2 N–H and O–H groups in total. The Morgan fingerprint density at radius 3 is 2.32 bits per heavy atom. The van der Waals surface area contributed by atoms with E-state index >= 15 is 0 Å². The predicted octanol–water partition coefficient (Wildman–Crippen LogP) is 2.26. The van der Waals surface area contributed by atoms with E-state index in [1.807, 2.05) is 0 Å². The highest BCUT2D eigenvalue weighted by molar-refractivity contribution is 7.90.